The minimum absolute atomic E-state index is 0.0326. The summed E-state index contributed by atoms with van der Waals surface area (Å²) in [6.07, 6.45) is -9.62. The molecule has 1 aromatic rings. The number of carbonyl (C=O) groups is 4. The van der Waals surface area contributed by atoms with Crippen LogP contribution in [0.2, 0.25) is 0 Å². The fourth-order valence-corrected chi connectivity index (χ4v) is 14.3. The first-order chi connectivity index (χ1) is 42.0. The molecule has 2 aliphatic carbocycles. The van der Waals surface area contributed by atoms with E-state index in [1.54, 1.807) is 20.1 Å². The molecule has 0 radical (unpaired) electrons. The van der Waals surface area contributed by atoms with Crippen molar-refractivity contribution in [2.24, 2.45) is 0 Å². The first-order valence-corrected chi connectivity index (χ1v) is 33.8. The van der Waals surface area contributed by atoms with Crippen molar-refractivity contribution >= 4 is 72.6 Å². The number of fused-ring (bicyclic) bond motifs is 2. The summed E-state index contributed by atoms with van der Waals surface area (Å²) in [4.78, 5) is 62.0. The van der Waals surface area contributed by atoms with Gasteiger partial charge in [-0.15, -0.1) is 0 Å². The highest BCUT2D eigenvalue weighted by Crippen LogP contribution is 2.44. The van der Waals surface area contributed by atoms with Crippen molar-refractivity contribution in [3.8, 4) is 23.3 Å². The molecule has 0 saturated carbocycles. The van der Waals surface area contributed by atoms with Crippen molar-refractivity contribution in [3.05, 3.63) is 65.1 Å². The number of Topliss-reactive ketones (excluding diaryl/α,β-unsaturated/α-hetero) is 1. The third kappa shape index (κ3) is 17.1. The van der Waals surface area contributed by atoms with E-state index in [4.69, 9.17) is 66.4 Å². The quantitative estimate of drug-likeness (QED) is 0.0125. The maximum atomic E-state index is 15.4. The third-order valence-electron chi connectivity index (χ3n) is 15.5. The van der Waals surface area contributed by atoms with Crippen molar-refractivity contribution in [1.29, 1.82) is 0 Å². The topological polar surface area (TPSA) is 327 Å². The van der Waals surface area contributed by atoms with E-state index >= 15 is 4.79 Å². The molecule has 0 unspecified atom stereocenters. The highest BCUT2D eigenvalue weighted by molar-refractivity contribution is 9.09. The summed E-state index contributed by atoms with van der Waals surface area (Å²) in [5.41, 5.74) is -0.230. The summed E-state index contributed by atoms with van der Waals surface area (Å²) in [5, 5.41) is 56.4. The van der Waals surface area contributed by atoms with Gasteiger partial charge in [0.1, 0.15) is 42.2 Å². The van der Waals surface area contributed by atoms with Gasteiger partial charge in [-0.1, -0.05) is 59.9 Å². The normalized spacial score (nSPS) is 34.8. The van der Waals surface area contributed by atoms with Gasteiger partial charge in [0.15, 0.2) is 42.2 Å². The SMILES string of the molecule is C=C(OC)C(=O)Nc1cc(OC)c(OC)cc1C(=O)O[C@H]1C[C@H](O[C@@H]2C(=O)C(NC(=O)OC)=C3/C(=C\CSSSC)[C@]2(O)/C=C\C#C[C@@H]3OC[C@H]2O[C@@H](C)[C@@H](NO[C@H]3C[C@H](O)[C@H](SC)[C@@H](C)O3)[C@H](O)[C@@H]2O[C@H]2C[C@H](OC)[C@@H](NC(C)C)CO2)O[C@@H](C)[C@@H]1O. The van der Waals surface area contributed by atoms with Crippen LogP contribution in [-0.4, -0.2) is 232 Å². The number of esters is 1. The lowest BCUT2D eigenvalue weighted by atomic mass is 9.72. The molecule has 7 rings (SSSR count). The number of methoxy groups -OCH3 is 5. The summed E-state index contributed by atoms with van der Waals surface area (Å²) in [6.45, 7) is 12.5. The molecule has 0 aromatic heterocycles. The number of hydrogen-bond donors (Lipinski definition) is 8. The number of alkyl carbamates (subject to hydrolysis) is 1. The number of anilines is 1. The van der Waals surface area contributed by atoms with Crippen LogP contribution in [0.4, 0.5) is 10.5 Å². The Morgan fingerprint density at radius 2 is 1.60 bits per heavy atom. The van der Waals surface area contributed by atoms with E-state index in [2.05, 4.69) is 39.9 Å². The number of benzene rings is 1. The molecule has 8 N–H and O–H groups in total. The molecule has 19 atom stereocenters. The molecule has 1 aromatic carbocycles. The van der Waals surface area contributed by atoms with Gasteiger partial charge in [0.2, 0.25) is 5.78 Å². The van der Waals surface area contributed by atoms with Crippen molar-refractivity contribution in [2.45, 2.75) is 175 Å². The molecule has 4 aliphatic heterocycles. The second-order valence-electron chi connectivity index (χ2n) is 21.6. The van der Waals surface area contributed by atoms with Crippen LogP contribution in [0.1, 0.15) is 64.2 Å². The zero-order valence-corrected chi connectivity index (χ0v) is 54.3. The van der Waals surface area contributed by atoms with E-state index in [0.717, 1.165) is 7.11 Å². The number of rotatable bonds is 26. The molecule has 0 spiro atoms. The van der Waals surface area contributed by atoms with Gasteiger partial charge in [-0.3, -0.25) is 19.7 Å². The van der Waals surface area contributed by atoms with Gasteiger partial charge in [0.05, 0.1) is 106 Å². The predicted molar refractivity (Wildman–Crippen MR) is 327 cm³/mol. The molecule has 26 nitrogen and oxygen atoms in total. The number of aliphatic hydroxyl groups excluding tert-OH is 3. The van der Waals surface area contributed by atoms with Crippen molar-refractivity contribution in [3.63, 3.8) is 0 Å². The lowest BCUT2D eigenvalue weighted by molar-refractivity contribution is -0.298. The molecule has 490 valence electrons. The number of aliphatic hydroxyl groups is 4. The summed E-state index contributed by atoms with van der Waals surface area (Å²) in [6, 6.07) is 1.60. The Labute approximate surface area is 527 Å². The van der Waals surface area contributed by atoms with E-state index in [1.807, 2.05) is 33.3 Å². The van der Waals surface area contributed by atoms with Crippen molar-refractivity contribution in [1.82, 2.24) is 16.1 Å². The summed E-state index contributed by atoms with van der Waals surface area (Å²) < 4.78 is 77.6. The van der Waals surface area contributed by atoms with Crippen LogP contribution < -0.4 is 30.9 Å². The van der Waals surface area contributed by atoms with Gasteiger partial charge in [-0.2, -0.15) is 17.2 Å². The number of ether oxygens (including phenoxy) is 13. The molecule has 4 saturated heterocycles. The average Bonchev–Trinajstić information content (AvgIpc) is 0.911. The largest absolute Gasteiger partial charge is 0.493 e. The average molecular weight is 1320 g/mol. The van der Waals surface area contributed by atoms with Gasteiger partial charge in [0, 0.05) is 55.9 Å². The van der Waals surface area contributed by atoms with E-state index in [0.29, 0.717) is 0 Å². The molecule has 88 heavy (non-hydrogen) atoms. The molecule has 30 heteroatoms. The number of hydroxylamine groups is 1. The van der Waals surface area contributed by atoms with E-state index in [1.165, 1.54) is 95.7 Å². The fraction of sp³-hybridized carbons (Fsp3) is 0.655. The van der Waals surface area contributed by atoms with Gasteiger partial charge in [-0.25, -0.2) is 9.59 Å². The minimum Gasteiger partial charge on any atom is -0.493 e. The Kier molecular flexibility index (Phi) is 26.6. The lowest BCUT2D eigenvalue weighted by Gasteiger charge is -2.47. The van der Waals surface area contributed by atoms with E-state index < -0.39 is 127 Å². The molecule has 6 aliphatic rings. The lowest BCUT2D eigenvalue weighted by Crippen LogP contribution is -2.65. The molecular formula is C58H82N4O22S4. The highest BCUT2D eigenvalue weighted by atomic mass is 33.5. The molecular weight excluding hydrogens is 1230 g/mol. The van der Waals surface area contributed by atoms with E-state index in [9.17, 15) is 34.8 Å². The van der Waals surface area contributed by atoms with Crippen molar-refractivity contribution < 1.29 is 106 Å². The summed E-state index contributed by atoms with van der Waals surface area (Å²) in [5.74, 6) is 3.29. The molecule has 2 amide bonds. The molecule has 4 fully saturated rings. The Morgan fingerprint density at radius 3 is 2.26 bits per heavy atom. The smallest absolute Gasteiger partial charge is 0.411 e. The number of amides is 2. The van der Waals surface area contributed by atoms with Crippen LogP contribution >= 0.6 is 43.2 Å². The molecule has 4 heterocycles. The maximum Gasteiger partial charge on any atom is 0.411 e. The molecule has 2 bridgehead atoms. The van der Waals surface area contributed by atoms with Gasteiger partial charge < -0.3 is 92.6 Å². The van der Waals surface area contributed by atoms with Crippen LogP contribution in [0.3, 0.4) is 0 Å². The van der Waals surface area contributed by atoms with Crippen LogP contribution in [0.25, 0.3) is 0 Å². The van der Waals surface area contributed by atoms with Crippen LogP contribution in [0.15, 0.2) is 59.5 Å². The number of carbonyl (C=O) groups excluding carboxylic acids is 4. The van der Waals surface area contributed by atoms with Crippen LogP contribution in [-0.2, 0) is 66.5 Å². The van der Waals surface area contributed by atoms with Crippen LogP contribution in [0, 0.1) is 11.8 Å². The Hall–Kier alpha value is -4.18. The Balaban J connectivity index is 1.20. The summed E-state index contributed by atoms with van der Waals surface area (Å²) in [7, 11) is 10.9. The van der Waals surface area contributed by atoms with Gasteiger partial charge >= 0.3 is 12.1 Å². The first kappa shape index (κ1) is 71.3. The second-order valence-corrected chi connectivity index (χ2v) is 27.0. The second kappa shape index (κ2) is 32.9. The van der Waals surface area contributed by atoms with Crippen LogP contribution in [0.5, 0.6) is 11.5 Å². The number of nitrogens with one attached hydrogen (secondary N) is 4. The first-order valence-electron chi connectivity index (χ1n) is 28.4. The minimum atomic E-state index is -2.40. The number of allylic oxidation sites excluding steroid dienone is 1. The Bertz CT molecular complexity index is 2760. The fourth-order valence-electron chi connectivity index (χ4n) is 11.1. The third-order valence-corrected chi connectivity index (χ3v) is 20.5. The van der Waals surface area contributed by atoms with Crippen molar-refractivity contribution in [2.75, 3.05) is 72.3 Å². The maximum absolute atomic E-state index is 15.4. The highest BCUT2D eigenvalue weighted by Gasteiger charge is 2.56. The zero-order valence-electron chi connectivity index (χ0n) is 51.1. The zero-order chi connectivity index (χ0) is 64.1. The standard InChI is InChI=1S/C58H82N4O22S4/c1-27(2)59-35-25-77-43(23-38(35)72-8)82-52-42(78-28(3)47(50(52)65)62-84-45-22-36(63)53(85-12)30(5)80-45)26-76-37-16-14-15-18-58(70)33(17-19-87-88-86-13)46(37)48(61-57(69)75-11)51(66)54(58)83-44-24-41(49(64)29(4)79-44)81-56(68)32-20-39(73-9)40(74-10)21-34(32)60-55(67)31(6)71-7/h15,17-18,20-21,27-30,35-38,41-45,47,49-50,52-54,59,62-65,70H,6,19,22-26H2,1-5,7-13H3,(H,60,67)(H,61,69)/b18-15-,33-17+/t28-,29-,30+,35-,36-,37-,38-,41-,42+,43-,44-,45-,47+,49-,50-,52+,53+,54+,58+/m0/s1. The Morgan fingerprint density at radius 1 is 0.886 bits per heavy atom. The van der Waals surface area contributed by atoms with E-state index in [-0.39, 0.29) is 101 Å². The monoisotopic (exact) mass is 1310 g/mol. The number of ketones is 1. The van der Waals surface area contributed by atoms with Gasteiger partial charge in [0.25, 0.3) is 5.91 Å². The number of hydrogen-bond acceptors (Lipinski definition) is 28. The summed E-state index contributed by atoms with van der Waals surface area (Å²) >= 11 is 1.49. The van der Waals surface area contributed by atoms with Gasteiger partial charge in [-0.05, 0) is 60.8 Å². The number of thioether (sulfide) groups is 1. The predicted octanol–water partition coefficient (Wildman–Crippen LogP) is 3.46.